The molecule has 0 saturated carbocycles. The number of aromatic nitrogens is 2. The Balaban J connectivity index is 1.57. The van der Waals surface area contributed by atoms with Gasteiger partial charge in [-0.25, -0.2) is 13.5 Å². The Hall–Kier alpha value is -2.93. The summed E-state index contributed by atoms with van der Waals surface area (Å²) in [5.41, 5.74) is 1.61. The first-order valence-corrected chi connectivity index (χ1v) is 9.68. The smallest absolute Gasteiger partial charge is 0.259 e. The number of benzene rings is 2. The van der Waals surface area contributed by atoms with Crippen LogP contribution in [0.5, 0.6) is 0 Å². The highest BCUT2D eigenvalue weighted by atomic mass is 35.5. The zero-order chi connectivity index (χ0) is 20.5. The Morgan fingerprint density at radius 1 is 1.14 bits per heavy atom. The number of amides is 1. The van der Waals surface area contributed by atoms with E-state index in [2.05, 4.69) is 10.4 Å². The number of anilines is 2. The second-order valence-corrected chi connectivity index (χ2v) is 7.41. The van der Waals surface area contributed by atoms with Crippen molar-refractivity contribution < 1.29 is 13.6 Å². The van der Waals surface area contributed by atoms with E-state index in [1.54, 1.807) is 34.7 Å². The number of rotatable bonds is 4. The van der Waals surface area contributed by atoms with Crippen molar-refractivity contribution in [2.45, 2.75) is 19.8 Å². The van der Waals surface area contributed by atoms with E-state index in [4.69, 9.17) is 11.6 Å². The Bertz CT molecular complexity index is 1050. The minimum absolute atomic E-state index is 0.0366. The van der Waals surface area contributed by atoms with Gasteiger partial charge in [-0.2, -0.15) is 5.10 Å². The molecule has 29 heavy (non-hydrogen) atoms. The van der Waals surface area contributed by atoms with E-state index in [1.165, 1.54) is 6.20 Å². The molecule has 0 bridgehead atoms. The topological polar surface area (TPSA) is 50.2 Å². The van der Waals surface area contributed by atoms with Gasteiger partial charge in [0.05, 0.1) is 23.1 Å². The van der Waals surface area contributed by atoms with E-state index < -0.39 is 17.5 Å². The lowest BCUT2D eigenvalue weighted by Crippen LogP contribution is -2.21. The molecular formula is C21H19ClF2N4O. The van der Waals surface area contributed by atoms with Gasteiger partial charge in [-0.3, -0.25) is 4.79 Å². The van der Waals surface area contributed by atoms with Crippen molar-refractivity contribution in [1.29, 1.82) is 0 Å². The molecule has 1 aliphatic heterocycles. The Labute approximate surface area is 171 Å². The molecule has 150 valence electrons. The first-order chi connectivity index (χ1) is 13.9. The quantitative estimate of drug-likeness (QED) is 0.653. The van der Waals surface area contributed by atoms with Crippen LogP contribution in [-0.4, -0.2) is 28.8 Å². The molecule has 1 saturated heterocycles. The number of hydrogen-bond donors (Lipinski definition) is 1. The summed E-state index contributed by atoms with van der Waals surface area (Å²) in [5.74, 6) is -1.87. The maximum atomic E-state index is 14.5. The van der Waals surface area contributed by atoms with Gasteiger partial charge in [-0.1, -0.05) is 17.7 Å². The van der Waals surface area contributed by atoms with Gasteiger partial charge in [0.25, 0.3) is 5.91 Å². The monoisotopic (exact) mass is 416 g/mol. The van der Waals surface area contributed by atoms with Crippen LogP contribution in [0.2, 0.25) is 5.02 Å². The summed E-state index contributed by atoms with van der Waals surface area (Å²) in [6.45, 7) is 2.99. The molecule has 0 spiro atoms. The Kier molecular flexibility index (Phi) is 5.24. The maximum absolute atomic E-state index is 14.5. The zero-order valence-electron chi connectivity index (χ0n) is 15.8. The SMILES string of the molecule is Cc1c(C(=O)Nc2cc(F)c(N3CCCC3)c(F)c2)cnn1-c1cccc(Cl)c1. The highest BCUT2D eigenvalue weighted by molar-refractivity contribution is 6.30. The van der Waals surface area contributed by atoms with Crippen LogP contribution in [0.25, 0.3) is 5.69 Å². The molecule has 1 N–H and O–H groups in total. The maximum Gasteiger partial charge on any atom is 0.259 e. The molecule has 1 amide bonds. The summed E-state index contributed by atoms with van der Waals surface area (Å²) in [5, 5.41) is 7.34. The van der Waals surface area contributed by atoms with Crippen molar-refractivity contribution in [3.8, 4) is 5.69 Å². The third kappa shape index (κ3) is 3.82. The molecule has 8 heteroatoms. The van der Waals surface area contributed by atoms with Crippen LogP contribution in [0, 0.1) is 18.6 Å². The number of nitrogens with one attached hydrogen (secondary N) is 1. The van der Waals surface area contributed by atoms with Crippen molar-refractivity contribution in [2.24, 2.45) is 0 Å². The average molecular weight is 417 g/mol. The van der Waals surface area contributed by atoms with Crippen molar-refractivity contribution in [3.63, 3.8) is 0 Å². The van der Waals surface area contributed by atoms with E-state index in [1.807, 2.05) is 6.07 Å². The third-order valence-corrected chi connectivity index (χ3v) is 5.24. The summed E-state index contributed by atoms with van der Waals surface area (Å²) >= 11 is 6.02. The van der Waals surface area contributed by atoms with Gasteiger partial charge in [-0.05, 0) is 50.1 Å². The number of halogens is 3. The van der Waals surface area contributed by atoms with Gasteiger partial charge in [0.15, 0.2) is 11.6 Å². The van der Waals surface area contributed by atoms with Gasteiger partial charge >= 0.3 is 0 Å². The van der Waals surface area contributed by atoms with Crippen LogP contribution in [0.15, 0.2) is 42.6 Å². The van der Waals surface area contributed by atoms with E-state index in [0.29, 0.717) is 35.1 Å². The second kappa shape index (κ2) is 7.83. The summed E-state index contributed by atoms with van der Waals surface area (Å²) in [7, 11) is 0. The van der Waals surface area contributed by atoms with Crippen LogP contribution in [0.3, 0.4) is 0 Å². The Morgan fingerprint density at radius 3 is 2.48 bits per heavy atom. The normalized spacial score (nSPS) is 13.7. The first kappa shape index (κ1) is 19.4. The average Bonchev–Trinajstić information content (AvgIpc) is 3.31. The van der Waals surface area contributed by atoms with Crippen LogP contribution in [-0.2, 0) is 0 Å². The molecule has 0 unspecified atom stereocenters. The minimum Gasteiger partial charge on any atom is -0.367 e. The van der Waals surface area contributed by atoms with Crippen molar-refractivity contribution in [1.82, 2.24) is 9.78 Å². The lowest BCUT2D eigenvalue weighted by Gasteiger charge is -2.19. The van der Waals surface area contributed by atoms with Crippen molar-refractivity contribution in [3.05, 3.63) is 70.5 Å². The van der Waals surface area contributed by atoms with Crippen LogP contribution >= 0.6 is 11.6 Å². The number of carbonyl (C=O) groups excluding carboxylic acids is 1. The molecule has 2 heterocycles. The molecule has 0 radical (unpaired) electrons. The van der Waals surface area contributed by atoms with Crippen LogP contribution in [0.4, 0.5) is 20.2 Å². The second-order valence-electron chi connectivity index (χ2n) is 6.97. The molecule has 0 aliphatic carbocycles. The molecule has 1 fully saturated rings. The molecule has 1 aliphatic rings. The zero-order valence-corrected chi connectivity index (χ0v) is 16.5. The van der Waals surface area contributed by atoms with Gasteiger partial charge in [0.1, 0.15) is 5.69 Å². The van der Waals surface area contributed by atoms with E-state index in [0.717, 1.165) is 25.0 Å². The molecule has 2 aromatic carbocycles. The minimum atomic E-state index is -0.687. The lowest BCUT2D eigenvalue weighted by molar-refractivity contribution is 0.102. The Morgan fingerprint density at radius 2 is 1.83 bits per heavy atom. The van der Waals surface area contributed by atoms with Crippen molar-refractivity contribution >= 4 is 28.9 Å². The molecule has 4 rings (SSSR count). The van der Waals surface area contributed by atoms with Gasteiger partial charge in [-0.15, -0.1) is 0 Å². The molecular weight excluding hydrogens is 398 g/mol. The van der Waals surface area contributed by atoms with E-state index >= 15 is 0 Å². The third-order valence-electron chi connectivity index (χ3n) is 5.00. The number of carbonyl (C=O) groups is 1. The summed E-state index contributed by atoms with van der Waals surface area (Å²) in [4.78, 5) is 14.4. The lowest BCUT2D eigenvalue weighted by atomic mass is 10.2. The highest BCUT2D eigenvalue weighted by Crippen LogP contribution is 2.30. The number of hydrogen-bond acceptors (Lipinski definition) is 3. The fourth-order valence-electron chi connectivity index (χ4n) is 3.58. The summed E-state index contributed by atoms with van der Waals surface area (Å²) in [6.07, 6.45) is 3.23. The van der Waals surface area contributed by atoms with Gasteiger partial charge in [0, 0.05) is 23.8 Å². The van der Waals surface area contributed by atoms with Gasteiger partial charge in [0.2, 0.25) is 0 Å². The predicted molar refractivity (Wildman–Crippen MR) is 109 cm³/mol. The fraction of sp³-hybridized carbons (Fsp3) is 0.238. The number of nitrogens with zero attached hydrogens (tertiary/aromatic N) is 3. The molecule has 0 atom stereocenters. The first-order valence-electron chi connectivity index (χ1n) is 9.30. The van der Waals surface area contributed by atoms with Gasteiger partial charge < -0.3 is 10.2 Å². The van der Waals surface area contributed by atoms with E-state index in [9.17, 15) is 13.6 Å². The summed E-state index contributed by atoms with van der Waals surface area (Å²) in [6, 6.07) is 9.36. The standard InChI is InChI=1S/C21H19ClF2N4O/c1-13-17(12-25-28(13)16-6-4-5-14(22)9-16)21(29)26-15-10-18(23)20(19(24)11-15)27-7-2-3-8-27/h4-6,9-12H,2-3,7-8H2,1H3,(H,26,29). The highest BCUT2D eigenvalue weighted by Gasteiger charge is 2.22. The summed E-state index contributed by atoms with van der Waals surface area (Å²) < 4.78 is 30.6. The molecule has 3 aromatic rings. The predicted octanol–water partition coefficient (Wildman–Crippen LogP) is 4.96. The van der Waals surface area contributed by atoms with Crippen molar-refractivity contribution in [2.75, 3.05) is 23.3 Å². The van der Waals surface area contributed by atoms with Crippen LogP contribution < -0.4 is 10.2 Å². The molecule has 5 nitrogen and oxygen atoms in total. The van der Waals surface area contributed by atoms with E-state index in [-0.39, 0.29) is 11.4 Å². The van der Waals surface area contributed by atoms with Crippen LogP contribution in [0.1, 0.15) is 28.9 Å². The largest absolute Gasteiger partial charge is 0.367 e. The molecule has 1 aromatic heterocycles. The fourth-order valence-corrected chi connectivity index (χ4v) is 3.76.